The summed E-state index contributed by atoms with van der Waals surface area (Å²) >= 11 is 0. The summed E-state index contributed by atoms with van der Waals surface area (Å²) < 4.78 is 0. The standard InChI is InChI=1S/C20H26/c1-2-6-18-12-15(11-17(18)5-1)9-10-16-13-19-7-3-4-8-20(19)14-16/h1-8,15-20H,9-14H2. The summed E-state index contributed by atoms with van der Waals surface area (Å²) in [6.45, 7) is 0. The van der Waals surface area contributed by atoms with E-state index in [1.165, 1.54) is 38.5 Å². The van der Waals surface area contributed by atoms with Crippen molar-refractivity contribution >= 4 is 0 Å². The third-order valence-corrected chi connectivity index (χ3v) is 6.16. The molecule has 0 heterocycles. The van der Waals surface area contributed by atoms with Crippen molar-refractivity contribution < 1.29 is 0 Å². The largest absolute Gasteiger partial charge is 0.0808 e. The lowest BCUT2D eigenvalue weighted by molar-refractivity contribution is 0.390. The van der Waals surface area contributed by atoms with Gasteiger partial charge in [0, 0.05) is 0 Å². The van der Waals surface area contributed by atoms with Crippen LogP contribution in [0.1, 0.15) is 38.5 Å². The SMILES string of the molecule is C1=CC2CC(CCC3CC4C=CC=CC4C3)CC2C=C1. The zero-order chi connectivity index (χ0) is 13.4. The molecule has 0 aromatic rings. The highest BCUT2D eigenvalue weighted by atomic mass is 14.4. The Labute approximate surface area is 123 Å². The summed E-state index contributed by atoms with van der Waals surface area (Å²) in [5.41, 5.74) is 0. The molecule has 106 valence electrons. The fourth-order valence-corrected chi connectivity index (χ4v) is 5.09. The molecule has 4 unspecified atom stereocenters. The van der Waals surface area contributed by atoms with E-state index in [1.807, 2.05) is 0 Å². The minimum atomic E-state index is 0.863. The molecule has 0 aromatic heterocycles. The Balaban J connectivity index is 1.28. The molecule has 0 bridgehead atoms. The lowest BCUT2D eigenvalue weighted by Crippen LogP contribution is -2.03. The van der Waals surface area contributed by atoms with Crippen LogP contribution in [0, 0.1) is 35.5 Å². The van der Waals surface area contributed by atoms with Crippen LogP contribution in [0.25, 0.3) is 0 Å². The van der Waals surface area contributed by atoms with Crippen molar-refractivity contribution in [3.05, 3.63) is 48.6 Å². The van der Waals surface area contributed by atoms with Crippen LogP contribution in [0.4, 0.5) is 0 Å². The van der Waals surface area contributed by atoms with Crippen molar-refractivity contribution in [2.24, 2.45) is 35.5 Å². The van der Waals surface area contributed by atoms with E-state index in [0.29, 0.717) is 0 Å². The van der Waals surface area contributed by atoms with E-state index in [1.54, 1.807) is 0 Å². The van der Waals surface area contributed by atoms with Crippen LogP contribution in [-0.4, -0.2) is 0 Å². The van der Waals surface area contributed by atoms with Crippen molar-refractivity contribution in [3.63, 3.8) is 0 Å². The Morgan fingerprint density at radius 3 is 1.10 bits per heavy atom. The number of allylic oxidation sites excluding steroid dienone is 8. The lowest BCUT2D eigenvalue weighted by atomic mass is 9.92. The second-order valence-corrected chi connectivity index (χ2v) is 7.45. The van der Waals surface area contributed by atoms with Crippen LogP contribution in [0.15, 0.2) is 48.6 Å². The van der Waals surface area contributed by atoms with Gasteiger partial charge in [0.1, 0.15) is 0 Å². The van der Waals surface area contributed by atoms with Gasteiger partial charge in [0.15, 0.2) is 0 Å². The van der Waals surface area contributed by atoms with Gasteiger partial charge in [0.05, 0.1) is 0 Å². The maximum atomic E-state index is 2.45. The normalized spacial score (nSPS) is 44.8. The quantitative estimate of drug-likeness (QED) is 0.650. The Bertz CT molecular complexity index is 380. The van der Waals surface area contributed by atoms with Crippen LogP contribution < -0.4 is 0 Å². The zero-order valence-corrected chi connectivity index (χ0v) is 12.3. The Kier molecular flexibility index (Phi) is 3.42. The highest BCUT2D eigenvalue weighted by Crippen LogP contribution is 2.45. The molecule has 0 heteroatoms. The Hall–Kier alpha value is -1.04. The summed E-state index contributed by atoms with van der Waals surface area (Å²) in [6.07, 6.45) is 27.6. The van der Waals surface area contributed by atoms with Gasteiger partial charge in [0.25, 0.3) is 0 Å². The summed E-state index contributed by atoms with van der Waals surface area (Å²) in [6, 6.07) is 0. The van der Waals surface area contributed by atoms with Gasteiger partial charge in [-0.3, -0.25) is 0 Å². The first kappa shape index (κ1) is 12.7. The topological polar surface area (TPSA) is 0 Å². The average molecular weight is 266 g/mol. The molecule has 4 aliphatic carbocycles. The zero-order valence-electron chi connectivity index (χ0n) is 12.3. The van der Waals surface area contributed by atoms with Crippen molar-refractivity contribution in [1.82, 2.24) is 0 Å². The lowest BCUT2D eigenvalue weighted by Gasteiger charge is -2.13. The minimum absolute atomic E-state index is 0.863. The summed E-state index contributed by atoms with van der Waals surface area (Å²) in [4.78, 5) is 0. The molecule has 0 N–H and O–H groups in total. The van der Waals surface area contributed by atoms with E-state index in [4.69, 9.17) is 0 Å². The van der Waals surface area contributed by atoms with Gasteiger partial charge in [-0.1, -0.05) is 61.4 Å². The highest BCUT2D eigenvalue weighted by molar-refractivity contribution is 5.17. The second-order valence-electron chi connectivity index (χ2n) is 7.45. The first-order valence-electron chi connectivity index (χ1n) is 8.58. The fraction of sp³-hybridized carbons (Fsp3) is 0.600. The van der Waals surface area contributed by atoms with Crippen LogP contribution in [0.3, 0.4) is 0 Å². The second kappa shape index (κ2) is 5.39. The van der Waals surface area contributed by atoms with Crippen molar-refractivity contribution in [3.8, 4) is 0 Å². The van der Waals surface area contributed by atoms with E-state index in [9.17, 15) is 0 Å². The number of hydrogen-bond acceptors (Lipinski definition) is 0. The van der Waals surface area contributed by atoms with E-state index in [2.05, 4.69) is 48.6 Å². The smallest absolute Gasteiger partial charge is 0.0165 e. The molecule has 2 saturated carbocycles. The van der Waals surface area contributed by atoms with Crippen LogP contribution in [-0.2, 0) is 0 Å². The van der Waals surface area contributed by atoms with Gasteiger partial charge in [-0.2, -0.15) is 0 Å². The molecule has 4 rings (SSSR count). The van der Waals surface area contributed by atoms with Crippen LogP contribution in [0.5, 0.6) is 0 Å². The molecule has 0 aliphatic heterocycles. The monoisotopic (exact) mass is 266 g/mol. The molecule has 0 amide bonds. The van der Waals surface area contributed by atoms with Gasteiger partial charge in [-0.15, -0.1) is 0 Å². The molecule has 0 nitrogen and oxygen atoms in total. The molecule has 0 aromatic carbocycles. The predicted molar refractivity (Wildman–Crippen MR) is 85.2 cm³/mol. The molecule has 20 heavy (non-hydrogen) atoms. The van der Waals surface area contributed by atoms with Crippen molar-refractivity contribution in [2.75, 3.05) is 0 Å². The van der Waals surface area contributed by atoms with Crippen molar-refractivity contribution in [1.29, 1.82) is 0 Å². The van der Waals surface area contributed by atoms with E-state index in [-0.39, 0.29) is 0 Å². The first-order valence-corrected chi connectivity index (χ1v) is 8.58. The van der Waals surface area contributed by atoms with E-state index >= 15 is 0 Å². The number of rotatable bonds is 3. The van der Waals surface area contributed by atoms with Gasteiger partial charge in [-0.05, 0) is 61.2 Å². The van der Waals surface area contributed by atoms with Gasteiger partial charge < -0.3 is 0 Å². The third-order valence-electron chi connectivity index (χ3n) is 6.16. The van der Waals surface area contributed by atoms with Crippen molar-refractivity contribution in [2.45, 2.75) is 38.5 Å². The fourth-order valence-electron chi connectivity index (χ4n) is 5.09. The molecular weight excluding hydrogens is 240 g/mol. The van der Waals surface area contributed by atoms with Crippen LogP contribution in [0.2, 0.25) is 0 Å². The maximum absolute atomic E-state index is 2.45. The van der Waals surface area contributed by atoms with Gasteiger partial charge in [-0.25, -0.2) is 0 Å². The number of fused-ring (bicyclic) bond motifs is 2. The summed E-state index contributed by atoms with van der Waals surface area (Å²) in [7, 11) is 0. The molecule has 2 fully saturated rings. The predicted octanol–water partition coefficient (Wildman–Crippen LogP) is 5.30. The minimum Gasteiger partial charge on any atom is -0.0808 e. The Morgan fingerprint density at radius 2 is 0.800 bits per heavy atom. The molecular formula is C20H26. The Morgan fingerprint density at radius 1 is 0.500 bits per heavy atom. The molecule has 0 radical (unpaired) electrons. The molecule has 0 saturated heterocycles. The first-order chi connectivity index (χ1) is 9.88. The third kappa shape index (κ3) is 2.45. The maximum Gasteiger partial charge on any atom is -0.0165 e. The number of hydrogen-bond donors (Lipinski definition) is 0. The van der Waals surface area contributed by atoms with Gasteiger partial charge >= 0.3 is 0 Å². The van der Waals surface area contributed by atoms with Gasteiger partial charge in [0.2, 0.25) is 0 Å². The molecule has 4 atom stereocenters. The van der Waals surface area contributed by atoms with E-state index < -0.39 is 0 Å². The highest BCUT2D eigenvalue weighted by Gasteiger charge is 2.35. The molecule has 0 spiro atoms. The van der Waals surface area contributed by atoms with E-state index in [0.717, 1.165) is 35.5 Å². The van der Waals surface area contributed by atoms with Crippen LogP contribution >= 0.6 is 0 Å². The molecule has 4 aliphatic rings. The summed E-state index contributed by atoms with van der Waals surface area (Å²) in [5, 5.41) is 0. The average Bonchev–Trinajstić information content (AvgIpc) is 3.07. The summed E-state index contributed by atoms with van der Waals surface area (Å²) in [5.74, 6) is 5.44.